The van der Waals surface area contributed by atoms with Gasteiger partial charge in [-0.25, -0.2) is 0 Å². The van der Waals surface area contributed by atoms with E-state index in [1.165, 1.54) is 11.8 Å². The molecule has 28 heavy (non-hydrogen) atoms. The van der Waals surface area contributed by atoms with Gasteiger partial charge in [0.05, 0.1) is 29.4 Å². The highest BCUT2D eigenvalue weighted by molar-refractivity contribution is 8.00. The molecule has 0 saturated carbocycles. The predicted molar refractivity (Wildman–Crippen MR) is 110 cm³/mol. The van der Waals surface area contributed by atoms with Crippen LogP contribution in [0.25, 0.3) is 11.4 Å². The fourth-order valence-corrected chi connectivity index (χ4v) is 3.61. The summed E-state index contributed by atoms with van der Waals surface area (Å²) >= 11 is 1.36. The lowest BCUT2D eigenvalue weighted by molar-refractivity contribution is -0.115. The van der Waals surface area contributed by atoms with Crippen LogP contribution in [0.3, 0.4) is 0 Å². The van der Waals surface area contributed by atoms with Gasteiger partial charge < -0.3 is 14.6 Å². The third-order valence-electron chi connectivity index (χ3n) is 4.59. The van der Waals surface area contributed by atoms with Crippen LogP contribution in [0, 0.1) is 13.8 Å². The van der Waals surface area contributed by atoms with Crippen molar-refractivity contribution >= 4 is 23.4 Å². The first-order valence-corrected chi connectivity index (χ1v) is 9.71. The SMILES string of the molecule is COc1ccc(-c2nnc(S[C@H](C)C(=O)Nc3c(C)nn(C)c3C)n2C)cc1. The van der Waals surface area contributed by atoms with Crippen molar-refractivity contribution in [2.45, 2.75) is 31.2 Å². The summed E-state index contributed by atoms with van der Waals surface area (Å²) in [5.41, 5.74) is 3.41. The fourth-order valence-electron chi connectivity index (χ4n) is 2.80. The maximum atomic E-state index is 12.6. The molecule has 0 aliphatic carbocycles. The average Bonchev–Trinajstić information content (AvgIpc) is 3.16. The summed E-state index contributed by atoms with van der Waals surface area (Å²) in [6, 6.07) is 7.62. The highest BCUT2D eigenvalue weighted by Crippen LogP contribution is 2.28. The van der Waals surface area contributed by atoms with E-state index in [2.05, 4.69) is 20.6 Å². The van der Waals surface area contributed by atoms with E-state index < -0.39 is 0 Å². The van der Waals surface area contributed by atoms with E-state index in [0.717, 1.165) is 34.2 Å². The van der Waals surface area contributed by atoms with E-state index in [4.69, 9.17) is 4.74 Å². The molecule has 2 aromatic heterocycles. The molecule has 148 valence electrons. The monoisotopic (exact) mass is 400 g/mol. The molecule has 1 atom stereocenters. The largest absolute Gasteiger partial charge is 0.497 e. The average molecular weight is 401 g/mol. The normalized spacial score (nSPS) is 12.1. The quantitative estimate of drug-likeness (QED) is 0.640. The third-order valence-corrected chi connectivity index (χ3v) is 5.73. The molecule has 8 nitrogen and oxygen atoms in total. The van der Waals surface area contributed by atoms with Crippen LogP contribution in [-0.4, -0.2) is 42.8 Å². The number of hydrogen-bond acceptors (Lipinski definition) is 6. The summed E-state index contributed by atoms with van der Waals surface area (Å²) in [5, 5.41) is 16.2. The second-order valence-corrected chi connectivity index (χ2v) is 7.82. The number of thioether (sulfide) groups is 1. The summed E-state index contributed by atoms with van der Waals surface area (Å²) < 4.78 is 8.83. The maximum Gasteiger partial charge on any atom is 0.237 e. The highest BCUT2D eigenvalue weighted by atomic mass is 32.2. The minimum atomic E-state index is -0.342. The molecule has 0 fully saturated rings. The molecule has 0 spiro atoms. The zero-order valence-corrected chi connectivity index (χ0v) is 17.7. The Morgan fingerprint density at radius 3 is 2.43 bits per heavy atom. The molecule has 0 aliphatic heterocycles. The Bertz CT molecular complexity index is 993. The van der Waals surface area contributed by atoms with Crippen LogP contribution in [0.15, 0.2) is 29.4 Å². The number of aryl methyl sites for hydroxylation is 2. The van der Waals surface area contributed by atoms with Crippen molar-refractivity contribution in [2.75, 3.05) is 12.4 Å². The van der Waals surface area contributed by atoms with Gasteiger partial charge >= 0.3 is 0 Å². The van der Waals surface area contributed by atoms with Gasteiger partial charge in [0.2, 0.25) is 5.91 Å². The van der Waals surface area contributed by atoms with Gasteiger partial charge in [-0.3, -0.25) is 9.48 Å². The van der Waals surface area contributed by atoms with Crippen LogP contribution in [0.1, 0.15) is 18.3 Å². The van der Waals surface area contributed by atoms with Crippen molar-refractivity contribution in [2.24, 2.45) is 14.1 Å². The number of anilines is 1. The molecule has 0 saturated heterocycles. The van der Waals surface area contributed by atoms with Gasteiger partial charge in [0.1, 0.15) is 5.75 Å². The first-order chi connectivity index (χ1) is 13.3. The molecule has 3 rings (SSSR count). The Kier molecular flexibility index (Phi) is 5.73. The number of ether oxygens (including phenoxy) is 1. The predicted octanol–water partition coefficient (Wildman–Crippen LogP) is 2.96. The Balaban J connectivity index is 1.72. The van der Waals surface area contributed by atoms with Crippen molar-refractivity contribution in [1.82, 2.24) is 24.5 Å². The number of nitrogens with zero attached hydrogens (tertiary/aromatic N) is 5. The molecular weight excluding hydrogens is 376 g/mol. The summed E-state index contributed by atoms with van der Waals surface area (Å²) in [4.78, 5) is 12.6. The molecular formula is C19H24N6O2S. The molecule has 1 aromatic carbocycles. The second kappa shape index (κ2) is 8.05. The minimum absolute atomic E-state index is 0.0989. The number of rotatable bonds is 6. The number of benzene rings is 1. The molecule has 0 unspecified atom stereocenters. The zero-order valence-electron chi connectivity index (χ0n) is 16.8. The van der Waals surface area contributed by atoms with Crippen molar-refractivity contribution in [1.29, 1.82) is 0 Å². The topological polar surface area (TPSA) is 86.9 Å². The molecule has 1 amide bonds. The van der Waals surface area contributed by atoms with E-state index in [1.807, 2.05) is 63.7 Å². The van der Waals surface area contributed by atoms with Gasteiger partial charge in [-0.2, -0.15) is 5.10 Å². The molecule has 9 heteroatoms. The van der Waals surface area contributed by atoms with E-state index >= 15 is 0 Å². The van der Waals surface area contributed by atoms with E-state index in [9.17, 15) is 4.79 Å². The van der Waals surface area contributed by atoms with Gasteiger partial charge in [0, 0.05) is 19.7 Å². The van der Waals surface area contributed by atoms with E-state index in [0.29, 0.717) is 5.16 Å². The van der Waals surface area contributed by atoms with Gasteiger partial charge in [-0.05, 0) is 45.0 Å². The molecule has 0 aliphatic rings. The Morgan fingerprint density at radius 2 is 1.86 bits per heavy atom. The van der Waals surface area contributed by atoms with Gasteiger partial charge in [0.25, 0.3) is 0 Å². The summed E-state index contributed by atoms with van der Waals surface area (Å²) in [6.45, 7) is 5.66. The lowest BCUT2D eigenvalue weighted by atomic mass is 10.2. The number of carbonyl (C=O) groups is 1. The molecule has 0 bridgehead atoms. The molecule has 0 radical (unpaired) electrons. The van der Waals surface area contributed by atoms with Crippen LogP contribution in [0.2, 0.25) is 0 Å². The summed E-state index contributed by atoms with van der Waals surface area (Å²) in [5.74, 6) is 1.42. The number of aromatic nitrogens is 5. The van der Waals surface area contributed by atoms with Crippen molar-refractivity contribution in [3.8, 4) is 17.1 Å². The first-order valence-electron chi connectivity index (χ1n) is 8.83. The van der Waals surface area contributed by atoms with Gasteiger partial charge in [-0.15, -0.1) is 10.2 Å². The first kappa shape index (κ1) is 19.9. The van der Waals surface area contributed by atoms with Crippen molar-refractivity contribution in [3.05, 3.63) is 35.7 Å². The standard InChI is InChI=1S/C19H24N6O2S/c1-11-16(12(2)25(5)23-11)20-18(26)13(3)28-19-22-21-17(24(19)4)14-7-9-15(27-6)10-8-14/h7-10,13H,1-6H3,(H,20,26)/t13-/m1/s1. The molecule has 3 aromatic rings. The fraction of sp³-hybridized carbons (Fsp3) is 0.368. The van der Waals surface area contributed by atoms with Gasteiger partial charge in [-0.1, -0.05) is 11.8 Å². The number of hydrogen-bond donors (Lipinski definition) is 1. The lowest BCUT2D eigenvalue weighted by Crippen LogP contribution is -2.23. The van der Waals surface area contributed by atoms with Crippen LogP contribution in [-0.2, 0) is 18.9 Å². The smallest absolute Gasteiger partial charge is 0.237 e. The van der Waals surface area contributed by atoms with Crippen molar-refractivity contribution < 1.29 is 9.53 Å². The number of carbonyl (C=O) groups excluding carboxylic acids is 1. The Labute approximate surface area is 168 Å². The van der Waals surface area contributed by atoms with Crippen LogP contribution in [0.5, 0.6) is 5.75 Å². The summed E-state index contributed by atoms with van der Waals surface area (Å²) in [6.07, 6.45) is 0. The van der Waals surface area contributed by atoms with Crippen LogP contribution >= 0.6 is 11.8 Å². The highest BCUT2D eigenvalue weighted by Gasteiger charge is 2.21. The molecule has 1 N–H and O–H groups in total. The number of amides is 1. The van der Waals surface area contributed by atoms with E-state index in [-0.39, 0.29) is 11.2 Å². The minimum Gasteiger partial charge on any atom is -0.497 e. The van der Waals surface area contributed by atoms with Gasteiger partial charge in [0.15, 0.2) is 11.0 Å². The second-order valence-electron chi connectivity index (χ2n) is 6.51. The van der Waals surface area contributed by atoms with E-state index in [1.54, 1.807) is 11.8 Å². The van der Waals surface area contributed by atoms with Crippen LogP contribution in [0.4, 0.5) is 5.69 Å². The summed E-state index contributed by atoms with van der Waals surface area (Å²) in [7, 11) is 5.38. The zero-order chi connectivity index (χ0) is 20.4. The Hall–Kier alpha value is -2.81. The third kappa shape index (κ3) is 3.89. The lowest BCUT2D eigenvalue weighted by Gasteiger charge is -2.12. The van der Waals surface area contributed by atoms with Crippen molar-refractivity contribution in [3.63, 3.8) is 0 Å². The number of nitrogens with one attached hydrogen (secondary N) is 1. The van der Waals surface area contributed by atoms with Crippen LogP contribution < -0.4 is 10.1 Å². The number of methoxy groups -OCH3 is 1. The molecule has 2 heterocycles. The maximum absolute atomic E-state index is 12.6. The Morgan fingerprint density at radius 1 is 1.18 bits per heavy atom.